The van der Waals surface area contributed by atoms with E-state index in [0.29, 0.717) is 5.75 Å². The third kappa shape index (κ3) is 2.88. The van der Waals surface area contributed by atoms with E-state index in [2.05, 4.69) is 4.89 Å². The van der Waals surface area contributed by atoms with Crippen LogP contribution in [0.5, 0.6) is 5.75 Å². The first-order valence-corrected chi connectivity index (χ1v) is 4.49. The molecule has 1 N–H and O–H groups in total. The van der Waals surface area contributed by atoms with E-state index in [0.717, 1.165) is 0 Å². The van der Waals surface area contributed by atoms with E-state index in [9.17, 15) is 10.1 Å². The number of benzene rings is 1. The fourth-order valence-electron chi connectivity index (χ4n) is 1.24. The summed E-state index contributed by atoms with van der Waals surface area (Å²) in [6.07, 6.45) is -1.42. The predicted octanol–water partition coefficient (Wildman–Crippen LogP) is 1.63. The summed E-state index contributed by atoms with van der Waals surface area (Å²) in [7, 11) is 1.47. The summed E-state index contributed by atoms with van der Waals surface area (Å²) in [5, 5.41) is 27.8. The molecule has 0 saturated heterocycles. The number of nitro groups is 1. The van der Waals surface area contributed by atoms with E-state index in [1.807, 2.05) is 0 Å². The minimum absolute atomic E-state index is 0.279. The molecule has 0 amide bonds. The van der Waals surface area contributed by atoms with Crippen LogP contribution in [0.25, 0.3) is 5.41 Å². The third-order valence-electron chi connectivity index (χ3n) is 2.08. The fourth-order valence-corrected chi connectivity index (χ4v) is 1.24. The average Bonchev–Trinajstić information content (AvgIpc) is 2.35. The SMILES string of the molecule is COc1ccc(C(OO)C(=C=[N-])[N+](=O)[O-])cc1. The van der Waals surface area contributed by atoms with Gasteiger partial charge in [0, 0.05) is 0 Å². The number of hydrogen-bond donors (Lipinski definition) is 1. The van der Waals surface area contributed by atoms with Gasteiger partial charge in [-0.05, 0) is 17.7 Å². The molecular weight excluding hydrogens is 228 g/mol. The zero-order chi connectivity index (χ0) is 12.8. The van der Waals surface area contributed by atoms with Crippen LogP contribution >= 0.6 is 0 Å². The molecular formula is C10H9N2O5-. The predicted molar refractivity (Wildman–Crippen MR) is 58.3 cm³/mol. The quantitative estimate of drug-likeness (QED) is 0.362. The molecule has 7 heteroatoms. The normalized spacial score (nSPS) is 11.4. The maximum atomic E-state index is 10.6. The maximum absolute atomic E-state index is 10.6. The smallest absolute Gasteiger partial charge is 0.302 e. The highest BCUT2D eigenvalue weighted by molar-refractivity contribution is 5.60. The molecule has 0 saturated carbocycles. The van der Waals surface area contributed by atoms with Crippen molar-refractivity contribution in [2.75, 3.05) is 7.11 Å². The van der Waals surface area contributed by atoms with Gasteiger partial charge in [-0.2, -0.15) is 5.87 Å². The van der Waals surface area contributed by atoms with Gasteiger partial charge in [-0.3, -0.25) is 15.4 Å². The Kier molecular flexibility index (Phi) is 4.36. The topological polar surface area (TPSA) is 104 Å². The summed E-state index contributed by atoms with van der Waals surface area (Å²) in [6.45, 7) is 0. The summed E-state index contributed by atoms with van der Waals surface area (Å²) in [5.74, 6) is 1.93. The Morgan fingerprint density at radius 2 is 2.12 bits per heavy atom. The van der Waals surface area contributed by atoms with Crippen LogP contribution in [-0.4, -0.2) is 23.2 Å². The van der Waals surface area contributed by atoms with Gasteiger partial charge in [0.25, 0.3) is 0 Å². The average molecular weight is 237 g/mol. The van der Waals surface area contributed by atoms with Gasteiger partial charge < -0.3 is 10.1 Å². The van der Waals surface area contributed by atoms with Crippen molar-refractivity contribution in [3.05, 3.63) is 51.0 Å². The highest BCUT2D eigenvalue weighted by atomic mass is 17.1. The molecule has 90 valence electrons. The van der Waals surface area contributed by atoms with Gasteiger partial charge in [0.1, 0.15) is 5.75 Å². The molecule has 0 spiro atoms. The Morgan fingerprint density at radius 3 is 2.47 bits per heavy atom. The summed E-state index contributed by atoms with van der Waals surface area (Å²) >= 11 is 0. The summed E-state index contributed by atoms with van der Waals surface area (Å²) in [5.41, 5.74) is -0.515. The van der Waals surface area contributed by atoms with Crippen molar-refractivity contribution in [2.45, 2.75) is 6.10 Å². The standard InChI is InChI=1S/C10H9N2O5/c1-16-8-4-2-7(3-5-8)10(17-15)9(6-11)12(13)14/h2-5,10,15H,1H3/q-1. The first-order valence-electron chi connectivity index (χ1n) is 4.49. The van der Waals surface area contributed by atoms with Crippen LogP contribution in [0.15, 0.2) is 30.0 Å². The van der Waals surface area contributed by atoms with Crippen molar-refractivity contribution in [1.82, 2.24) is 0 Å². The molecule has 0 aliphatic heterocycles. The number of ether oxygens (including phenoxy) is 1. The van der Waals surface area contributed by atoms with Crippen molar-refractivity contribution in [3.8, 4) is 5.75 Å². The molecule has 0 aliphatic carbocycles. The molecule has 17 heavy (non-hydrogen) atoms. The minimum Gasteiger partial charge on any atom is -0.758 e. The Bertz CT molecular complexity index is 450. The summed E-state index contributed by atoms with van der Waals surface area (Å²) in [4.78, 5) is 13.6. The zero-order valence-corrected chi connectivity index (χ0v) is 8.86. The van der Waals surface area contributed by atoms with Gasteiger partial charge in [-0.15, -0.1) is 0 Å². The molecule has 7 nitrogen and oxygen atoms in total. The van der Waals surface area contributed by atoms with Crippen LogP contribution in [0.1, 0.15) is 11.7 Å². The van der Waals surface area contributed by atoms with Gasteiger partial charge in [-0.1, -0.05) is 12.1 Å². The molecule has 1 unspecified atom stereocenters. The summed E-state index contributed by atoms with van der Waals surface area (Å²) in [6, 6.07) is 5.99. The van der Waals surface area contributed by atoms with E-state index < -0.39 is 16.7 Å². The molecule has 1 aromatic carbocycles. The van der Waals surface area contributed by atoms with Crippen molar-refractivity contribution >= 4 is 5.87 Å². The van der Waals surface area contributed by atoms with E-state index >= 15 is 0 Å². The molecule has 0 bridgehead atoms. The van der Waals surface area contributed by atoms with Crippen LogP contribution < -0.4 is 4.74 Å². The second-order valence-electron chi connectivity index (χ2n) is 3.01. The molecule has 0 aliphatic rings. The molecule has 0 heterocycles. The lowest BCUT2D eigenvalue weighted by Crippen LogP contribution is -2.13. The molecule has 0 radical (unpaired) electrons. The second kappa shape index (κ2) is 5.76. The lowest BCUT2D eigenvalue weighted by atomic mass is 10.1. The van der Waals surface area contributed by atoms with Crippen LogP contribution in [0.2, 0.25) is 0 Å². The lowest BCUT2D eigenvalue weighted by Gasteiger charge is -2.11. The molecule has 1 atom stereocenters. The van der Waals surface area contributed by atoms with Crippen LogP contribution in [0, 0.1) is 10.1 Å². The number of methoxy groups -OCH3 is 1. The van der Waals surface area contributed by atoms with Gasteiger partial charge >= 0.3 is 5.70 Å². The zero-order valence-electron chi connectivity index (χ0n) is 8.86. The molecule has 0 aromatic heterocycles. The van der Waals surface area contributed by atoms with Gasteiger partial charge in [0.05, 0.1) is 12.0 Å². The number of hydrogen-bond acceptors (Lipinski definition) is 5. The van der Waals surface area contributed by atoms with Crippen LogP contribution in [0.4, 0.5) is 0 Å². The third-order valence-corrected chi connectivity index (χ3v) is 2.08. The Morgan fingerprint density at radius 1 is 1.53 bits per heavy atom. The van der Waals surface area contributed by atoms with E-state index in [1.54, 1.807) is 0 Å². The van der Waals surface area contributed by atoms with Gasteiger partial charge in [0.2, 0.25) is 6.10 Å². The second-order valence-corrected chi connectivity index (χ2v) is 3.01. The molecule has 1 rings (SSSR count). The minimum atomic E-state index is -1.42. The van der Waals surface area contributed by atoms with E-state index in [-0.39, 0.29) is 5.56 Å². The molecule has 0 fully saturated rings. The Balaban J connectivity index is 3.09. The highest BCUT2D eigenvalue weighted by Crippen LogP contribution is 2.25. The first kappa shape index (κ1) is 12.9. The van der Waals surface area contributed by atoms with Crippen molar-refractivity contribution < 1.29 is 19.8 Å². The monoisotopic (exact) mass is 237 g/mol. The number of nitrogens with zero attached hydrogens (tertiary/aromatic N) is 2. The Labute approximate surface area is 96.5 Å². The van der Waals surface area contributed by atoms with Crippen LogP contribution in [0.3, 0.4) is 0 Å². The van der Waals surface area contributed by atoms with Gasteiger partial charge in [-0.25, -0.2) is 4.89 Å². The fraction of sp³-hybridized carbons (Fsp3) is 0.200. The van der Waals surface area contributed by atoms with E-state index in [1.165, 1.54) is 37.2 Å². The van der Waals surface area contributed by atoms with Crippen LogP contribution in [-0.2, 0) is 4.89 Å². The summed E-state index contributed by atoms with van der Waals surface area (Å²) < 4.78 is 4.91. The van der Waals surface area contributed by atoms with E-state index in [4.69, 9.17) is 15.4 Å². The van der Waals surface area contributed by atoms with Crippen molar-refractivity contribution in [3.63, 3.8) is 0 Å². The van der Waals surface area contributed by atoms with Crippen molar-refractivity contribution in [2.24, 2.45) is 0 Å². The largest absolute Gasteiger partial charge is 0.758 e. The van der Waals surface area contributed by atoms with Crippen molar-refractivity contribution in [1.29, 1.82) is 0 Å². The molecule has 1 aromatic rings. The highest BCUT2D eigenvalue weighted by Gasteiger charge is 2.26. The lowest BCUT2D eigenvalue weighted by molar-refractivity contribution is -0.448. The Hall–Kier alpha value is -2.21. The first-order chi connectivity index (χ1) is 8.13. The number of rotatable bonds is 5. The maximum Gasteiger partial charge on any atom is 0.302 e. The van der Waals surface area contributed by atoms with Gasteiger partial charge in [0.15, 0.2) is 0 Å².